The number of piperidine rings is 1. The van der Waals surface area contributed by atoms with Gasteiger partial charge in [0.05, 0.1) is 13.0 Å². The normalized spacial score (nSPS) is 19.3. The van der Waals surface area contributed by atoms with Crippen molar-refractivity contribution in [3.8, 4) is 5.75 Å². The van der Waals surface area contributed by atoms with Crippen molar-refractivity contribution in [3.63, 3.8) is 0 Å². The number of ether oxygens (including phenoxy) is 1. The molecule has 0 radical (unpaired) electrons. The number of hydrogen-bond donors (Lipinski definition) is 0. The van der Waals surface area contributed by atoms with Crippen LogP contribution in [-0.4, -0.2) is 49.2 Å². The Kier molecular flexibility index (Phi) is 6.31. The number of aryl methyl sites for hydroxylation is 1. The lowest BCUT2D eigenvalue weighted by Crippen LogP contribution is -2.43. The topological polar surface area (TPSA) is 66.9 Å². The highest BCUT2D eigenvalue weighted by molar-refractivity contribution is 6.01. The summed E-state index contributed by atoms with van der Waals surface area (Å²) in [5, 5.41) is 0. The number of rotatable bonds is 5. The van der Waals surface area contributed by atoms with E-state index >= 15 is 0 Å². The van der Waals surface area contributed by atoms with Gasteiger partial charge in [-0.3, -0.25) is 14.4 Å². The van der Waals surface area contributed by atoms with Crippen molar-refractivity contribution in [2.75, 3.05) is 31.6 Å². The van der Waals surface area contributed by atoms with Gasteiger partial charge in [-0.15, -0.1) is 0 Å². The second kappa shape index (κ2) is 9.15. The molecule has 6 nitrogen and oxygen atoms in total. The molecule has 0 aromatic heterocycles. The predicted molar refractivity (Wildman–Crippen MR) is 123 cm³/mol. The van der Waals surface area contributed by atoms with Crippen LogP contribution in [0.2, 0.25) is 0 Å². The summed E-state index contributed by atoms with van der Waals surface area (Å²) in [4.78, 5) is 42.3. The van der Waals surface area contributed by atoms with E-state index in [-0.39, 0.29) is 35.9 Å². The minimum Gasteiger partial charge on any atom is -0.497 e. The van der Waals surface area contributed by atoms with Crippen LogP contribution in [0.1, 0.15) is 40.7 Å². The third-order valence-corrected chi connectivity index (χ3v) is 6.89. The lowest BCUT2D eigenvalue weighted by molar-refractivity contribution is -0.137. The number of carbonyl (C=O) groups excluding carboxylic acids is 3. The van der Waals surface area contributed by atoms with Crippen molar-refractivity contribution in [2.24, 2.45) is 11.8 Å². The number of nitrogens with zero attached hydrogens (tertiary/aromatic N) is 2. The van der Waals surface area contributed by atoms with Crippen LogP contribution in [0.5, 0.6) is 5.75 Å². The van der Waals surface area contributed by atoms with Gasteiger partial charge < -0.3 is 14.5 Å². The summed E-state index contributed by atoms with van der Waals surface area (Å²) in [6, 6.07) is 13.1. The molecule has 6 heteroatoms. The van der Waals surface area contributed by atoms with Crippen LogP contribution in [0.25, 0.3) is 0 Å². The van der Waals surface area contributed by atoms with Crippen LogP contribution < -0.4 is 9.64 Å². The summed E-state index contributed by atoms with van der Waals surface area (Å²) < 4.78 is 5.16. The van der Waals surface area contributed by atoms with E-state index in [1.165, 1.54) is 0 Å². The SMILES string of the molecule is COc1ccc(C(=O)C2CCN(C(=O)[C@H]3CC(=O)N(c4cccc(C)c4C)C3)CC2)cc1. The van der Waals surface area contributed by atoms with E-state index < -0.39 is 0 Å². The zero-order chi connectivity index (χ0) is 22.8. The quantitative estimate of drug-likeness (QED) is 0.672. The van der Waals surface area contributed by atoms with Crippen molar-refractivity contribution < 1.29 is 19.1 Å². The number of hydrogen-bond acceptors (Lipinski definition) is 4. The molecule has 2 aromatic carbocycles. The van der Waals surface area contributed by atoms with E-state index in [1.807, 2.05) is 36.9 Å². The number of methoxy groups -OCH3 is 1. The Labute approximate surface area is 189 Å². The minimum atomic E-state index is -0.323. The average Bonchev–Trinajstić information content (AvgIpc) is 3.21. The van der Waals surface area contributed by atoms with Gasteiger partial charge in [0.15, 0.2) is 5.78 Å². The van der Waals surface area contributed by atoms with Crippen LogP contribution >= 0.6 is 0 Å². The van der Waals surface area contributed by atoms with Gasteiger partial charge >= 0.3 is 0 Å². The van der Waals surface area contributed by atoms with E-state index in [4.69, 9.17) is 4.74 Å². The maximum atomic E-state index is 13.1. The smallest absolute Gasteiger partial charge is 0.228 e. The molecule has 0 bridgehead atoms. The number of carbonyl (C=O) groups is 3. The predicted octanol–water partition coefficient (Wildman–Crippen LogP) is 3.79. The van der Waals surface area contributed by atoms with Crippen molar-refractivity contribution in [3.05, 3.63) is 59.2 Å². The third kappa shape index (κ3) is 4.27. The fourth-order valence-electron chi connectivity index (χ4n) is 4.75. The highest BCUT2D eigenvalue weighted by atomic mass is 16.5. The molecule has 2 fully saturated rings. The van der Waals surface area contributed by atoms with Crippen LogP contribution in [0, 0.1) is 25.7 Å². The summed E-state index contributed by atoms with van der Waals surface area (Å²) in [5.41, 5.74) is 3.79. The number of amides is 2. The molecule has 2 heterocycles. The minimum absolute atomic E-state index is 0.00150. The number of likely N-dealkylation sites (tertiary alicyclic amines) is 1. The zero-order valence-corrected chi connectivity index (χ0v) is 19.0. The Balaban J connectivity index is 1.35. The molecule has 2 aliphatic heterocycles. The molecular formula is C26H30N2O4. The Morgan fingerprint density at radius 3 is 2.31 bits per heavy atom. The molecule has 2 aliphatic rings. The largest absolute Gasteiger partial charge is 0.497 e. The van der Waals surface area contributed by atoms with Crippen LogP contribution in [0.15, 0.2) is 42.5 Å². The Bertz CT molecular complexity index is 1020. The lowest BCUT2D eigenvalue weighted by atomic mass is 9.88. The molecule has 168 valence electrons. The van der Waals surface area contributed by atoms with Gasteiger partial charge in [-0.2, -0.15) is 0 Å². The van der Waals surface area contributed by atoms with E-state index in [0.29, 0.717) is 38.0 Å². The lowest BCUT2D eigenvalue weighted by Gasteiger charge is -2.33. The number of ketones is 1. The van der Waals surface area contributed by atoms with Crippen LogP contribution in [-0.2, 0) is 9.59 Å². The first kappa shape index (κ1) is 22.1. The Morgan fingerprint density at radius 2 is 1.66 bits per heavy atom. The molecule has 0 saturated carbocycles. The molecule has 1 atom stereocenters. The molecule has 0 aliphatic carbocycles. The van der Waals surface area contributed by atoms with Gasteiger partial charge in [-0.25, -0.2) is 0 Å². The van der Waals surface area contributed by atoms with Crippen molar-refractivity contribution in [2.45, 2.75) is 33.1 Å². The summed E-state index contributed by atoms with van der Waals surface area (Å²) >= 11 is 0. The van der Waals surface area contributed by atoms with Crippen LogP contribution in [0.3, 0.4) is 0 Å². The average molecular weight is 435 g/mol. The maximum Gasteiger partial charge on any atom is 0.228 e. The highest BCUT2D eigenvalue weighted by Crippen LogP contribution is 2.31. The van der Waals surface area contributed by atoms with Crippen molar-refractivity contribution >= 4 is 23.3 Å². The van der Waals surface area contributed by atoms with Gasteiger partial charge in [0, 0.05) is 43.2 Å². The number of Topliss-reactive ketones (excluding diaryl/α,β-unsaturated/α-hetero) is 1. The monoisotopic (exact) mass is 434 g/mol. The first-order valence-corrected chi connectivity index (χ1v) is 11.2. The molecule has 2 amide bonds. The molecule has 0 spiro atoms. The Hall–Kier alpha value is -3.15. The van der Waals surface area contributed by atoms with Crippen molar-refractivity contribution in [1.82, 2.24) is 4.90 Å². The molecule has 32 heavy (non-hydrogen) atoms. The summed E-state index contributed by atoms with van der Waals surface area (Å²) in [7, 11) is 1.60. The number of anilines is 1. The number of benzene rings is 2. The fraction of sp³-hybridized carbons (Fsp3) is 0.423. The third-order valence-electron chi connectivity index (χ3n) is 6.89. The highest BCUT2D eigenvalue weighted by Gasteiger charge is 2.39. The maximum absolute atomic E-state index is 13.1. The van der Waals surface area contributed by atoms with E-state index in [0.717, 1.165) is 22.6 Å². The molecule has 4 rings (SSSR count). The van der Waals surface area contributed by atoms with Gasteiger partial charge in [0.1, 0.15) is 5.75 Å². The second-order valence-corrected chi connectivity index (χ2v) is 8.82. The second-order valence-electron chi connectivity index (χ2n) is 8.82. The van der Waals surface area contributed by atoms with E-state index in [2.05, 4.69) is 0 Å². The van der Waals surface area contributed by atoms with Gasteiger partial charge in [-0.05, 0) is 68.1 Å². The first-order valence-electron chi connectivity index (χ1n) is 11.2. The molecule has 2 aromatic rings. The van der Waals surface area contributed by atoms with E-state index in [1.54, 1.807) is 36.3 Å². The fourth-order valence-corrected chi connectivity index (χ4v) is 4.75. The summed E-state index contributed by atoms with van der Waals surface area (Å²) in [6.07, 6.45) is 1.55. The zero-order valence-electron chi connectivity index (χ0n) is 19.0. The summed E-state index contributed by atoms with van der Waals surface area (Å²) in [6.45, 7) is 5.57. The van der Waals surface area contributed by atoms with Crippen LogP contribution in [0.4, 0.5) is 5.69 Å². The van der Waals surface area contributed by atoms with Crippen molar-refractivity contribution in [1.29, 1.82) is 0 Å². The van der Waals surface area contributed by atoms with Gasteiger partial charge in [-0.1, -0.05) is 12.1 Å². The van der Waals surface area contributed by atoms with Gasteiger partial charge in [0.25, 0.3) is 0 Å². The molecule has 2 saturated heterocycles. The van der Waals surface area contributed by atoms with Gasteiger partial charge in [0.2, 0.25) is 11.8 Å². The van der Waals surface area contributed by atoms with E-state index in [9.17, 15) is 14.4 Å². The summed E-state index contributed by atoms with van der Waals surface area (Å²) in [5.74, 6) is 0.475. The Morgan fingerprint density at radius 1 is 0.969 bits per heavy atom. The molecule has 0 N–H and O–H groups in total. The first-order chi connectivity index (χ1) is 15.4. The molecule has 0 unspecified atom stereocenters. The molecular weight excluding hydrogens is 404 g/mol. The standard InChI is InChI=1S/C26H30N2O4/c1-17-5-4-6-23(18(17)2)28-16-21(15-24(28)29)26(31)27-13-11-20(12-14-27)25(30)19-7-9-22(32-3)10-8-19/h4-10,20-21H,11-16H2,1-3H3/t21-/m0/s1.